The molecule has 2 fully saturated rings. The first-order valence-corrected chi connectivity index (χ1v) is 12.0. The third-order valence-electron chi connectivity index (χ3n) is 6.31. The van der Waals surface area contributed by atoms with Crippen molar-refractivity contribution in [1.29, 1.82) is 0 Å². The second-order valence-electron chi connectivity index (χ2n) is 8.83. The fraction of sp³-hybridized carbons (Fsp3) is 0.435. The van der Waals surface area contributed by atoms with Crippen LogP contribution in [0.1, 0.15) is 42.5 Å². The minimum absolute atomic E-state index is 0.0341. The molecule has 2 aromatic rings. The van der Waals surface area contributed by atoms with Crippen molar-refractivity contribution in [3.05, 3.63) is 51.4 Å². The number of carboxylic acids is 1. The Hall–Kier alpha value is -3.80. The topological polar surface area (TPSA) is 166 Å². The van der Waals surface area contributed by atoms with Crippen LogP contribution in [0.2, 0.25) is 5.02 Å². The lowest BCUT2D eigenvalue weighted by atomic mass is 9.91. The molecule has 36 heavy (non-hydrogen) atoms. The molecule has 1 saturated heterocycles. The molecule has 2 aliphatic rings. The number of amides is 3. The highest BCUT2D eigenvalue weighted by Crippen LogP contribution is 2.26. The molecule has 1 aromatic heterocycles. The highest BCUT2D eigenvalue weighted by atomic mass is 35.5. The minimum atomic E-state index is -1.03. The van der Waals surface area contributed by atoms with Gasteiger partial charge in [0.05, 0.1) is 24.0 Å². The summed E-state index contributed by atoms with van der Waals surface area (Å²) in [5, 5.41) is 23.6. The van der Waals surface area contributed by atoms with E-state index in [9.17, 15) is 19.2 Å². The van der Waals surface area contributed by atoms with Crippen LogP contribution in [0.25, 0.3) is 0 Å². The zero-order chi connectivity index (χ0) is 25.7. The number of ether oxygens (including phenoxy) is 1. The molecule has 1 atom stereocenters. The van der Waals surface area contributed by atoms with Gasteiger partial charge in [-0.1, -0.05) is 11.6 Å². The summed E-state index contributed by atoms with van der Waals surface area (Å²) in [4.78, 5) is 49.1. The molecule has 12 nitrogen and oxygen atoms in total. The zero-order valence-electron chi connectivity index (χ0n) is 19.3. The minimum Gasteiger partial charge on any atom is -0.478 e. The predicted octanol–water partition coefficient (Wildman–Crippen LogP) is 2.56. The van der Waals surface area contributed by atoms with Crippen molar-refractivity contribution in [1.82, 2.24) is 20.8 Å². The number of carboxylic acid groups (broad SMARTS) is 1. The molecule has 192 valence electrons. The Balaban J connectivity index is 1.16. The maximum atomic E-state index is 12.4. The lowest BCUT2D eigenvalue weighted by Gasteiger charge is -2.29. The van der Waals surface area contributed by atoms with E-state index in [1.807, 2.05) is 4.90 Å². The van der Waals surface area contributed by atoms with E-state index in [1.54, 1.807) is 0 Å². The van der Waals surface area contributed by atoms with Gasteiger partial charge in [0.15, 0.2) is 0 Å². The van der Waals surface area contributed by atoms with E-state index in [1.165, 1.54) is 30.5 Å². The summed E-state index contributed by atoms with van der Waals surface area (Å²) >= 11 is 6.06. The number of aromatic nitrogens is 2. The van der Waals surface area contributed by atoms with Crippen LogP contribution in [-0.4, -0.2) is 64.7 Å². The van der Waals surface area contributed by atoms with Crippen molar-refractivity contribution in [2.24, 2.45) is 0 Å². The van der Waals surface area contributed by atoms with Crippen molar-refractivity contribution in [2.75, 3.05) is 23.3 Å². The van der Waals surface area contributed by atoms with Gasteiger partial charge in [-0.3, -0.25) is 4.79 Å². The van der Waals surface area contributed by atoms with E-state index in [0.29, 0.717) is 56.6 Å². The molecule has 1 saturated carbocycles. The van der Waals surface area contributed by atoms with E-state index in [-0.39, 0.29) is 34.8 Å². The van der Waals surface area contributed by atoms with Gasteiger partial charge < -0.3 is 30.7 Å². The summed E-state index contributed by atoms with van der Waals surface area (Å²) in [6.07, 6.45) is 4.05. The standard InChI is InChI=1S/C23H27ClN6O6/c24-19-18(11-25-29-20(19)31)30-10-9-17(12-30)36-23(35)28-16-7-5-15(6-8-16)27-22(34)26-14-3-1-13(2-4-14)21(32)33/h1-4,11,15-17H,5-10,12H2,(H,28,35)(H,29,31)(H,32,33)(H2,26,27,34). The Bertz CT molecular complexity index is 1160. The van der Waals surface area contributed by atoms with E-state index in [2.05, 4.69) is 26.1 Å². The van der Waals surface area contributed by atoms with Gasteiger partial charge in [0.25, 0.3) is 5.56 Å². The SMILES string of the molecule is O=C(Nc1ccc(C(=O)O)cc1)NC1CCC(NC(=O)OC2CCN(c3cn[nH]c(=O)c3Cl)C2)CC1. The number of nitrogens with zero attached hydrogens (tertiary/aromatic N) is 2. The van der Waals surface area contributed by atoms with Crippen LogP contribution >= 0.6 is 11.6 Å². The fourth-order valence-electron chi connectivity index (χ4n) is 4.42. The van der Waals surface area contributed by atoms with E-state index < -0.39 is 17.6 Å². The number of anilines is 2. The average Bonchev–Trinajstić information content (AvgIpc) is 3.30. The van der Waals surface area contributed by atoms with Gasteiger partial charge in [-0.05, 0) is 49.9 Å². The number of carbonyl (C=O) groups excluding carboxylic acids is 2. The number of benzene rings is 1. The molecule has 2 heterocycles. The average molecular weight is 519 g/mol. The molecule has 1 aliphatic heterocycles. The number of rotatable bonds is 6. The Labute approximate surface area is 211 Å². The van der Waals surface area contributed by atoms with Gasteiger partial charge in [0.1, 0.15) is 11.1 Å². The first kappa shape index (κ1) is 25.3. The van der Waals surface area contributed by atoms with Crippen LogP contribution < -0.4 is 26.4 Å². The summed E-state index contributed by atoms with van der Waals surface area (Å²) in [6.45, 7) is 1.01. The van der Waals surface area contributed by atoms with Crippen molar-refractivity contribution >= 4 is 41.1 Å². The zero-order valence-corrected chi connectivity index (χ0v) is 20.1. The van der Waals surface area contributed by atoms with Gasteiger partial charge in [-0.25, -0.2) is 19.5 Å². The lowest BCUT2D eigenvalue weighted by Crippen LogP contribution is -2.45. The maximum Gasteiger partial charge on any atom is 0.407 e. The van der Waals surface area contributed by atoms with Gasteiger partial charge in [-0.15, -0.1) is 0 Å². The Morgan fingerprint density at radius 2 is 1.72 bits per heavy atom. The van der Waals surface area contributed by atoms with E-state index in [0.717, 1.165) is 0 Å². The van der Waals surface area contributed by atoms with Gasteiger partial charge in [0.2, 0.25) is 0 Å². The summed E-state index contributed by atoms with van der Waals surface area (Å²) < 4.78 is 5.56. The second kappa shape index (κ2) is 11.3. The molecule has 13 heteroatoms. The first-order valence-electron chi connectivity index (χ1n) is 11.6. The lowest BCUT2D eigenvalue weighted by molar-refractivity contribution is 0.0696. The van der Waals surface area contributed by atoms with Crippen LogP contribution in [0.5, 0.6) is 0 Å². The van der Waals surface area contributed by atoms with Crippen molar-refractivity contribution < 1.29 is 24.2 Å². The molecule has 3 amide bonds. The summed E-state index contributed by atoms with van der Waals surface area (Å²) in [5.41, 5.74) is 0.691. The van der Waals surface area contributed by atoms with Crippen molar-refractivity contribution in [3.63, 3.8) is 0 Å². The van der Waals surface area contributed by atoms with Gasteiger partial charge in [0, 0.05) is 30.7 Å². The number of hydrogen-bond acceptors (Lipinski definition) is 7. The molecular formula is C23H27ClN6O6. The predicted molar refractivity (Wildman–Crippen MR) is 132 cm³/mol. The highest BCUT2D eigenvalue weighted by Gasteiger charge is 2.29. The molecule has 4 rings (SSSR count). The number of hydrogen-bond donors (Lipinski definition) is 5. The first-order chi connectivity index (χ1) is 17.3. The molecule has 0 radical (unpaired) electrons. The van der Waals surface area contributed by atoms with Crippen LogP contribution in [0.3, 0.4) is 0 Å². The van der Waals surface area contributed by atoms with Crippen LogP contribution in [0.4, 0.5) is 21.0 Å². The molecule has 1 unspecified atom stereocenters. The molecular weight excluding hydrogens is 492 g/mol. The fourth-order valence-corrected chi connectivity index (χ4v) is 4.63. The quantitative estimate of drug-likeness (QED) is 0.389. The van der Waals surface area contributed by atoms with Gasteiger partial charge in [-0.2, -0.15) is 5.10 Å². The Morgan fingerprint density at radius 3 is 2.39 bits per heavy atom. The smallest absolute Gasteiger partial charge is 0.407 e. The number of urea groups is 1. The number of halogens is 1. The van der Waals surface area contributed by atoms with Gasteiger partial charge >= 0.3 is 18.1 Å². The highest BCUT2D eigenvalue weighted by molar-refractivity contribution is 6.33. The summed E-state index contributed by atoms with van der Waals surface area (Å²) in [5.74, 6) is -1.03. The molecule has 5 N–H and O–H groups in total. The molecule has 0 spiro atoms. The third-order valence-corrected chi connectivity index (χ3v) is 6.68. The van der Waals surface area contributed by atoms with E-state index >= 15 is 0 Å². The maximum absolute atomic E-state index is 12.4. The number of nitrogens with one attached hydrogen (secondary N) is 4. The summed E-state index contributed by atoms with van der Waals surface area (Å²) in [6, 6.07) is 5.46. The van der Waals surface area contributed by atoms with Crippen molar-refractivity contribution in [2.45, 2.75) is 50.3 Å². The number of aromatic amines is 1. The monoisotopic (exact) mass is 518 g/mol. The van der Waals surface area contributed by atoms with Crippen molar-refractivity contribution in [3.8, 4) is 0 Å². The molecule has 1 aliphatic carbocycles. The Kier molecular flexibility index (Phi) is 7.93. The normalized spacial score (nSPS) is 21.5. The number of alkyl carbamates (subject to hydrolysis) is 1. The molecule has 1 aromatic carbocycles. The van der Waals surface area contributed by atoms with Crippen LogP contribution in [-0.2, 0) is 4.74 Å². The second-order valence-corrected chi connectivity index (χ2v) is 9.21. The number of H-pyrrole nitrogens is 1. The largest absolute Gasteiger partial charge is 0.478 e. The van der Waals surface area contributed by atoms with Crippen LogP contribution in [0, 0.1) is 0 Å². The Morgan fingerprint density at radius 1 is 1.06 bits per heavy atom. The third kappa shape index (κ3) is 6.45. The van der Waals surface area contributed by atoms with E-state index in [4.69, 9.17) is 21.4 Å². The number of aromatic carboxylic acids is 1. The number of carbonyl (C=O) groups is 3. The van der Waals surface area contributed by atoms with Crippen LogP contribution in [0.15, 0.2) is 35.3 Å². The molecule has 0 bridgehead atoms. The summed E-state index contributed by atoms with van der Waals surface area (Å²) in [7, 11) is 0.